The third-order valence-electron chi connectivity index (χ3n) is 13.7. The van der Waals surface area contributed by atoms with Gasteiger partial charge in [-0.1, -0.05) is 140 Å². The average molecular weight is 716 g/mol. The standard InChI is InChI=1S/C52H49N3/c1-33-38-26-15-29-49(55-47-27-12-10-23-40(47)41-24-11-13-28-48(41)55)51(38)44-31-43(39-22-8-9-25-42(39)50(33)44)36-20-14-21-37(30-36)46-32-45(34-16-4-2-5-17-34)53-52(54-46)35-18-6-3-7-19-35/h2-7,10-13,15-20,23-24,26-31,38,40,45-47,51-54H,1,8-9,14,21-22,25,32H2. The molecule has 0 spiro atoms. The Kier molecular flexibility index (Phi) is 8.14. The summed E-state index contributed by atoms with van der Waals surface area (Å²) in [6.07, 6.45) is 29.7. The van der Waals surface area contributed by atoms with Gasteiger partial charge in [0.25, 0.3) is 0 Å². The molecule has 272 valence electrons. The quantitative estimate of drug-likeness (QED) is 0.215. The first-order valence-electron chi connectivity index (χ1n) is 20.7. The number of para-hydroxylation sites is 1. The molecule has 2 heterocycles. The van der Waals surface area contributed by atoms with Crippen LogP contribution in [0.5, 0.6) is 0 Å². The third-order valence-corrected chi connectivity index (χ3v) is 13.7. The van der Waals surface area contributed by atoms with Crippen molar-refractivity contribution in [3.05, 3.63) is 208 Å². The molecule has 0 amide bonds. The first kappa shape index (κ1) is 33.1. The molecule has 11 rings (SSSR count). The van der Waals surface area contributed by atoms with E-state index < -0.39 is 0 Å². The van der Waals surface area contributed by atoms with Gasteiger partial charge in [-0.05, 0) is 119 Å². The summed E-state index contributed by atoms with van der Waals surface area (Å²) in [5.41, 5.74) is 18.7. The van der Waals surface area contributed by atoms with Gasteiger partial charge in [-0.25, -0.2) is 0 Å². The molecular weight excluding hydrogens is 667 g/mol. The van der Waals surface area contributed by atoms with Crippen LogP contribution in [-0.2, 0) is 12.8 Å². The number of anilines is 1. The molecule has 5 aliphatic carbocycles. The Labute approximate surface area is 326 Å². The molecule has 4 aromatic carbocycles. The summed E-state index contributed by atoms with van der Waals surface area (Å²) in [6, 6.07) is 34.5. The molecule has 4 aromatic rings. The lowest BCUT2D eigenvalue weighted by Gasteiger charge is -2.40. The fourth-order valence-electron chi connectivity index (χ4n) is 11.2. The number of benzene rings is 4. The summed E-state index contributed by atoms with van der Waals surface area (Å²) in [5.74, 6) is 0.902. The van der Waals surface area contributed by atoms with Crippen LogP contribution in [0.3, 0.4) is 0 Å². The minimum Gasteiger partial charge on any atom is -0.336 e. The number of nitrogens with one attached hydrogen (secondary N) is 2. The zero-order chi connectivity index (χ0) is 36.5. The van der Waals surface area contributed by atoms with E-state index in [1.54, 1.807) is 11.1 Å². The zero-order valence-corrected chi connectivity index (χ0v) is 31.5. The summed E-state index contributed by atoms with van der Waals surface area (Å²) in [4.78, 5) is 2.68. The Hall–Kier alpha value is -5.22. The highest BCUT2D eigenvalue weighted by Crippen LogP contribution is 2.58. The molecule has 1 fully saturated rings. The van der Waals surface area contributed by atoms with Crippen molar-refractivity contribution in [2.24, 2.45) is 5.92 Å². The Morgan fingerprint density at radius 1 is 0.673 bits per heavy atom. The molecule has 0 radical (unpaired) electrons. The van der Waals surface area contributed by atoms with Crippen molar-refractivity contribution in [1.29, 1.82) is 0 Å². The van der Waals surface area contributed by atoms with Crippen molar-refractivity contribution in [3.8, 4) is 0 Å². The van der Waals surface area contributed by atoms with Crippen LogP contribution in [0.1, 0.15) is 101 Å². The van der Waals surface area contributed by atoms with E-state index >= 15 is 0 Å². The van der Waals surface area contributed by atoms with Crippen molar-refractivity contribution in [2.45, 2.75) is 81.1 Å². The van der Waals surface area contributed by atoms with E-state index in [0.717, 1.165) is 32.1 Å². The normalized spacial score (nSPS) is 28.7. The van der Waals surface area contributed by atoms with Crippen LogP contribution in [-0.4, -0.2) is 12.1 Å². The second-order valence-electron chi connectivity index (χ2n) is 16.6. The zero-order valence-electron chi connectivity index (χ0n) is 31.5. The molecule has 3 heteroatoms. The number of hydrogen-bond donors (Lipinski definition) is 2. The maximum absolute atomic E-state index is 4.89. The minimum atomic E-state index is 0.0884. The Balaban J connectivity index is 0.994. The molecule has 2 aliphatic heterocycles. The van der Waals surface area contributed by atoms with Crippen LogP contribution in [0.2, 0.25) is 0 Å². The van der Waals surface area contributed by atoms with Gasteiger partial charge in [0.05, 0.1) is 12.2 Å². The second-order valence-corrected chi connectivity index (χ2v) is 16.6. The molecule has 2 N–H and O–H groups in total. The predicted octanol–water partition coefficient (Wildman–Crippen LogP) is 11.3. The van der Waals surface area contributed by atoms with Crippen LogP contribution >= 0.6 is 0 Å². The van der Waals surface area contributed by atoms with E-state index in [-0.39, 0.29) is 30.1 Å². The summed E-state index contributed by atoms with van der Waals surface area (Å²) in [6.45, 7) is 4.89. The average Bonchev–Trinajstić information content (AvgIpc) is 3.75. The van der Waals surface area contributed by atoms with Crippen molar-refractivity contribution in [1.82, 2.24) is 10.6 Å². The third kappa shape index (κ3) is 5.46. The summed E-state index contributed by atoms with van der Waals surface area (Å²) >= 11 is 0. The molecule has 0 saturated carbocycles. The fourth-order valence-corrected chi connectivity index (χ4v) is 11.2. The molecule has 0 aromatic heterocycles. The predicted molar refractivity (Wildman–Crippen MR) is 228 cm³/mol. The molecule has 1 saturated heterocycles. The molecule has 7 atom stereocenters. The van der Waals surface area contributed by atoms with Crippen LogP contribution in [0.25, 0.3) is 11.1 Å². The van der Waals surface area contributed by atoms with E-state index in [4.69, 9.17) is 6.58 Å². The Morgan fingerprint density at radius 2 is 1.40 bits per heavy atom. The van der Waals surface area contributed by atoms with Gasteiger partial charge in [0.15, 0.2) is 0 Å². The first-order chi connectivity index (χ1) is 27.2. The Bertz CT molecular complexity index is 2320. The maximum Gasteiger partial charge on any atom is 0.0844 e. The van der Waals surface area contributed by atoms with E-state index in [0.29, 0.717) is 12.0 Å². The van der Waals surface area contributed by atoms with Crippen molar-refractivity contribution < 1.29 is 0 Å². The molecule has 7 unspecified atom stereocenters. The van der Waals surface area contributed by atoms with Gasteiger partial charge in [-0.3, -0.25) is 10.6 Å². The van der Waals surface area contributed by atoms with Gasteiger partial charge in [0, 0.05) is 41.2 Å². The second kappa shape index (κ2) is 13.5. The van der Waals surface area contributed by atoms with Gasteiger partial charge in [-0.15, -0.1) is 0 Å². The lowest BCUT2D eigenvalue weighted by Crippen LogP contribution is -2.50. The number of fused-ring (bicyclic) bond motifs is 8. The van der Waals surface area contributed by atoms with Crippen LogP contribution < -0.4 is 15.5 Å². The van der Waals surface area contributed by atoms with E-state index in [1.165, 1.54) is 74.3 Å². The van der Waals surface area contributed by atoms with E-state index in [1.807, 2.05) is 0 Å². The van der Waals surface area contributed by atoms with E-state index in [9.17, 15) is 0 Å². The summed E-state index contributed by atoms with van der Waals surface area (Å²) in [7, 11) is 0. The lowest BCUT2D eigenvalue weighted by atomic mass is 9.78. The smallest absolute Gasteiger partial charge is 0.0844 e. The van der Waals surface area contributed by atoms with Crippen molar-refractivity contribution >= 4 is 16.8 Å². The monoisotopic (exact) mass is 715 g/mol. The minimum absolute atomic E-state index is 0.0884. The van der Waals surface area contributed by atoms with Gasteiger partial charge < -0.3 is 4.90 Å². The van der Waals surface area contributed by atoms with Crippen LogP contribution in [0, 0.1) is 5.92 Å². The van der Waals surface area contributed by atoms with Crippen LogP contribution in [0.15, 0.2) is 164 Å². The van der Waals surface area contributed by atoms with Gasteiger partial charge in [0.2, 0.25) is 0 Å². The number of nitrogens with zero attached hydrogens (tertiary/aromatic N) is 1. The van der Waals surface area contributed by atoms with E-state index in [2.05, 4.69) is 161 Å². The van der Waals surface area contributed by atoms with Crippen molar-refractivity contribution in [3.63, 3.8) is 0 Å². The first-order valence-corrected chi connectivity index (χ1v) is 20.7. The number of rotatable bonds is 5. The molecule has 7 aliphatic rings. The topological polar surface area (TPSA) is 27.3 Å². The highest BCUT2D eigenvalue weighted by molar-refractivity contribution is 5.88. The highest BCUT2D eigenvalue weighted by Gasteiger charge is 2.46. The van der Waals surface area contributed by atoms with Gasteiger partial charge in [0.1, 0.15) is 0 Å². The van der Waals surface area contributed by atoms with Gasteiger partial charge >= 0.3 is 0 Å². The fraction of sp³-hybridized carbons (Fsp3) is 0.269. The summed E-state index contributed by atoms with van der Waals surface area (Å²) < 4.78 is 0. The lowest BCUT2D eigenvalue weighted by molar-refractivity contribution is 0.262. The molecule has 55 heavy (non-hydrogen) atoms. The largest absolute Gasteiger partial charge is 0.336 e. The highest BCUT2D eigenvalue weighted by atomic mass is 15.2. The van der Waals surface area contributed by atoms with Gasteiger partial charge in [-0.2, -0.15) is 0 Å². The summed E-state index contributed by atoms with van der Waals surface area (Å²) in [5, 5.41) is 8.04. The molecule has 0 bridgehead atoms. The number of allylic oxidation sites excluding steroid dienone is 10. The molecular formula is C52H49N3. The maximum atomic E-state index is 4.89. The van der Waals surface area contributed by atoms with Crippen molar-refractivity contribution in [2.75, 3.05) is 4.90 Å². The number of hydrogen-bond acceptors (Lipinski definition) is 3. The Morgan fingerprint density at radius 3 is 2.25 bits per heavy atom. The SMILES string of the molecule is C=C1c2c(cc(C3=CCCC(C4CC(c5ccccc5)NC(c5ccccc5)N4)=C3)c3c2CCCC3)C2C(N3c4ccccc4C4C=CC=CC43)=CC=CC12. The molecule has 3 nitrogen and oxygen atoms in total. The van der Waals surface area contributed by atoms with Crippen LogP contribution in [0.4, 0.5) is 5.69 Å².